The predicted molar refractivity (Wildman–Crippen MR) is 82.5 cm³/mol. The van der Waals surface area contributed by atoms with Gasteiger partial charge in [0.25, 0.3) is 0 Å². The SMILES string of the molecule is CCCC1CN(CCCCc2ccccc2)CCN1. The molecule has 1 N–H and O–H groups in total. The van der Waals surface area contributed by atoms with Gasteiger partial charge in [0.15, 0.2) is 0 Å². The minimum atomic E-state index is 0.730. The number of unbranched alkanes of at least 4 members (excludes halogenated alkanes) is 1. The fourth-order valence-corrected chi connectivity index (χ4v) is 2.95. The molecule has 0 aliphatic carbocycles. The molecule has 0 radical (unpaired) electrons. The third-order valence-electron chi connectivity index (χ3n) is 4.01. The molecule has 1 aromatic carbocycles. The van der Waals surface area contributed by atoms with E-state index >= 15 is 0 Å². The summed E-state index contributed by atoms with van der Waals surface area (Å²) in [5.41, 5.74) is 1.48. The van der Waals surface area contributed by atoms with E-state index in [1.54, 1.807) is 0 Å². The molecule has 1 fully saturated rings. The molecule has 1 aliphatic heterocycles. The summed E-state index contributed by atoms with van der Waals surface area (Å²) in [7, 11) is 0. The molecule has 2 heteroatoms. The lowest BCUT2D eigenvalue weighted by molar-refractivity contribution is 0.191. The molecule has 19 heavy (non-hydrogen) atoms. The highest BCUT2D eigenvalue weighted by molar-refractivity contribution is 5.14. The van der Waals surface area contributed by atoms with Crippen molar-refractivity contribution >= 4 is 0 Å². The predicted octanol–water partition coefficient (Wildman–Crippen LogP) is 3.08. The van der Waals surface area contributed by atoms with Gasteiger partial charge in [-0.15, -0.1) is 0 Å². The summed E-state index contributed by atoms with van der Waals surface area (Å²) in [6.45, 7) is 7.20. The smallest absolute Gasteiger partial charge is 0.0195 e. The molecule has 1 aromatic rings. The van der Waals surface area contributed by atoms with Gasteiger partial charge in [-0.3, -0.25) is 0 Å². The monoisotopic (exact) mass is 260 g/mol. The van der Waals surface area contributed by atoms with Gasteiger partial charge in [0.2, 0.25) is 0 Å². The van der Waals surface area contributed by atoms with Gasteiger partial charge in [0, 0.05) is 25.7 Å². The first-order valence-electron chi connectivity index (χ1n) is 7.88. The maximum atomic E-state index is 3.62. The average molecular weight is 260 g/mol. The van der Waals surface area contributed by atoms with Gasteiger partial charge in [-0.2, -0.15) is 0 Å². The lowest BCUT2D eigenvalue weighted by Crippen LogP contribution is -2.50. The van der Waals surface area contributed by atoms with E-state index in [2.05, 4.69) is 47.5 Å². The Hall–Kier alpha value is -0.860. The first kappa shape index (κ1) is 14.5. The maximum Gasteiger partial charge on any atom is 0.0195 e. The fourth-order valence-electron chi connectivity index (χ4n) is 2.95. The van der Waals surface area contributed by atoms with Crippen LogP contribution in [0.2, 0.25) is 0 Å². The normalized spacial score (nSPS) is 20.6. The van der Waals surface area contributed by atoms with Crippen LogP contribution in [0.1, 0.15) is 38.2 Å². The van der Waals surface area contributed by atoms with Crippen LogP contribution in [-0.2, 0) is 6.42 Å². The first-order chi connectivity index (χ1) is 9.38. The lowest BCUT2D eigenvalue weighted by atomic mass is 10.1. The zero-order chi connectivity index (χ0) is 13.3. The number of nitrogens with zero attached hydrogens (tertiary/aromatic N) is 1. The standard InChI is InChI=1S/C17H28N2/c1-2-8-17-15-19(14-12-18-17)13-7-6-11-16-9-4-3-5-10-16/h3-5,9-10,17-18H,2,6-8,11-15H2,1H3. The molecule has 1 heterocycles. The number of hydrogen-bond acceptors (Lipinski definition) is 2. The second kappa shape index (κ2) is 8.34. The van der Waals surface area contributed by atoms with Crippen molar-refractivity contribution in [1.29, 1.82) is 0 Å². The molecule has 106 valence electrons. The molecule has 1 atom stereocenters. The van der Waals surface area contributed by atoms with E-state index in [1.165, 1.54) is 63.8 Å². The number of hydrogen-bond donors (Lipinski definition) is 1. The summed E-state index contributed by atoms with van der Waals surface area (Å²) in [6, 6.07) is 11.6. The van der Waals surface area contributed by atoms with Gasteiger partial charge in [-0.05, 0) is 37.8 Å². The summed E-state index contributed by atoms with van der Waals surface area (Å²) in [5, 5.41) is 3.62. The number of benzene rings is 1. The van der Waals surface area contributed by atoms with Crippen molar-refractivity contribution in [2.24, 2.45) is 0 Å². The van der Waals surface area contributed by atoms with Crippen LogP contribution in [0.15, 0.2) is 30.3 Å². The molecule has 1 unspecified atom stereocenters. The molecular formula is C17H28N2. The third kappa shape index (κ3) is 5.33. The highest BCUT2D eigenvalue weighted by atomic mass is 15.2. The van der Waals surface area contributed by atoms with Crippen molar-refractivity contribution in [1.82, 2.24) is 10.2 Å². The lowest BCUT2D eigenvalue weighted by Gasteiger charge is -2.33. The Morgan fingerprint density at radius 3 is 2.84 bits per heavy atom. The first-order valence-corrected chi connectivity index (χ1v) is 7.88. The van der Waals surface area contributed by atoms with Crippen LogP contribution in [0.3, 0.4) is 0 Å². The largest absolute Gasteiger partial charge is 0.311 e. The Bertz CT molecular complexity index is 334. The van der Waals surface area contributed by atoms with Crippen molar-refractivity contribution in [3.05, 3.63) is 35.9 Å². The van der Waals surface area contributed by atoms with Gasteiger partial charge >= 0.3 is 0 Å². The molecule has 0 bridgehead atoms. The molecule has 0 aromatic heterocycles. The number of aryl methyl sites for hydroxylation is 1. The van der Waals surface area contributed by atoms with Crippen molar-refractivity contribution in [3.63, 3.8) is 0 Å². The Labute approximate surface area is 118 Å². The van der Waals surface area contributed by atoms with E-state index in [1.807, 2.05) is 0 Å². The summed E-state index contributed by atoms with van der Waals surface area (Å²) in [6.07, 6.45) is 6.48. The van der Waals surface area contributed by atoms with Crippen LogP contribution in [0, 0.1) is 0 Å². The molecule has 1 saturated heterocycles. The molecule has 0 spiro atoms. The van der Waals surface area contributed by atoms with Crippen LogP contribution >= 0.6 is 0 Å². The third-order valence-corrected chi connectivity index (χ3v) is 4.01. The molecule has 0 saturated carbocycles. The van der Waals surface area contributed by atoms with Crippen LogP contribution in [0.4, 0.5) is 0 Å². The fraction of sp³-hybridized carbons (Fsp3) is 0.647. The van der Waals surface area contributed by atoms with E-state index in [4.69, 9.17) is 0 Å². The number of nitrogens with one attached hydrogen (secondary N) is 1. The maximum absolute atomic E-state index is 3.62. The summed E-state index contributed by atoms with van der Waals surface area (Å²) in [4.78, 5) is 2.64. The zero-order valence-electron chi connectivity index (χ0n) is 12.3. The second-order valence-electron chi connectivity index (χ2n) is 5.68. The van der Waals surface area contributed by atoms with Crippen molar-refractivity contribution < 1.29 is 0 Å². The molecule has 0 amide bonds. The minimum Gasteiger partial charge on any atom is -0.311 e. The van der Waals surface area contributed by atoms with Crippen molar-refractivity contribution in [3.8, 4) is 0 Å². The van der Waals surface area contributed by atoms with Crippen LogP contribution in [-0.4, -0.2) is 37.1 Å². The highest BCUT2D eigenvalue weighted by Crippen LogP contribution is 2.08. The average Bonchev–Trinajstić information content (AvgIpc) is 2.46. The Morgan fingerprint density at radius 1 is 1.21 bits per heavy atom. The van der Waals surface area contributed by atoms with Gasteiger partial charge in [0.1, 0.15) is 0 Å². The van der Waals surface area contributed by atoms with E-state index in [-0.39, 0.29) is 0 Å². The summed E-state index contributed by atoms with van der Waals surface area (Å²) in [5.74, 6) is 0. The van der Waals surface area contributed by atoms with Crippen molar-refractivity contribution in [2.45, 2.75) is 45.1 Å². The van der Waals surface area contributed by atoms with E-state index in [9.17, 15) is 0 Å². The molecule has 2 nitrogen and oxygen atoms in total. The molecule has 1 aliphatic rings. The van der Waals surface area contributed by atoms with Crippen LogP contribution in [0.5, 0.6) is 0 Å². The highest BCUT2D eigenvalue weighted by Gasteiger charge is 2.17. The number of piperazine rings is 1. The minimum absolute atomic E-state index is 0.730. The van der Waals surface area contributed by atoms with E-state index in [0.29, 0.717) is 0 Å². The summed E-state index contributed by atoms with van der Waals surface area (Å²) < 4.78 is 0. The van der Waals surface area contributed by atoms with Crippen LogP contribution in [0.25, 0.3) is 0 Å². The van der Waals surface area contributed by atoms with E-state index in [0.717, 1.165) is 6.04 Å². The molecular weight excluding hydrogens is 232 g/mol. The van der Waals surface area contributed by atoms with E-state index < -0.39 is 0 Å². The Morgan fingerprint density at radius 2 is 2.05 bits per heavy atom. The van der Waals surface area contributed by atoms with Crippen molar-refractivity contribution in [2.75, 3.05) is 26.2 Å². The Balaban J connectivity index is 1.60. The Kier molecular flexibility index (Phi) is 6.38. The topological polar surface area (TPSA) is 15.3 Å². The molecule has 2 rings (SSSR count). The van der Waals surface area contributed by atoms with Gasteiger partial charge in [-0.25, -0.2) is 0 Å². The quantitative estimate of drug-likeness (QED) is 0.758. The number of rotatable bonds is 7. The van der Waals surface area contributed by atoms with Gasteiger partial charge in [-0.1, -0.05) is 43.7 Å². The van der Waals surface area contributed by atoms with Gasteiger partial charge < -0.3 is 10.2 Å². The van der Waals surface area contributed by atoms with Crippen LogP contribution < -0.4 is 5.32 Å². The van der Waals surface area contributed by atoms with Gasteiger partial charge in [0.05, 0.1) is 0 Å². The zero-order valence-corrected chi connectivity index (χ0v) is 12.3. The summed E-state index contributed by atoms with van der Waals surface area (Å²) >= 11 is 0. The second-order valence-corrected chi connectivity index (χ2v) is 5.68.